The molecular weight excluding hydrogens is 288 g/mol. The van der Waals surface area contributed by atoms with Crippen molar-refractivity contribution in [3.63, 3.8) is 0 Å². The van der Waals surface area contributed by atoms with Crippen molar-refractivity contribution in [2.24, 2.45) is 0 Å². The van der Waals surface area contributed by atoms with Crippen LogP contribution in [0.4, 0.5) is 5.13 Å². The van der Waals surface area contributed by atoms with Crippen LogP contribution < -0.4 is 4.72 Å². The number of aromatic nitrogens is 1. The van der Waals surface area contributed by atoms with Crippen LogP contribution in [0.3, 0.4) is 0 Å². The second-order valence-electron chi connectivity index (χ2n) is 3.83. The van der Waals surface area contributed by atoms with Crippen LogP contribution in [0.2, 0.25) is 0 Å². The van der Waals surface area contributed by atoms with Crippen LogP contribution in [0, 0.1) is 11.8 Å². The zero-order valence-corrected chi connectivity index (χ0v) is 12.3. The van der Waals surface area contributed by atoms with Gasteiger partial charge in [0.15, 0.2) is 5.13 Å². The molecule has 0 aliphatic heterocycles. The number of nitrogens with zero attached hydrogens (tertiary/aromatic N) is 1. The molecule has 0 unspecified atom stereocenters. The maximum absolute atomic E-state index is 11.7. The Labute approximate surface area is 116 Å². The molecule has 1 aromatic heterocycles. The second-order valence-corrected chi connectivity index (χ2v) is 6.70. The Morgan fingerprint density at radius 1 is 1.58 bits per heavy atom. The standard InChI is InChI=1S/C11H16N2O4S2/c1-9(2)17-6-7-19(15,16)13-11-12-8-10(18-11)4-3-5-14/h8-9,14H,5-7H2,1-2H3,(H,12,13). The Hall–Kier alpha value is -1.14. The fourth-order valence-corrected chi connectivity index (χ4v) is 2.91. The van der Waals surface area contributed by atoms with Gasteiger partial charge in [0.05, 0.1) is 29.5 Å². The van der Waals surface area contributed by atoms with Gasteiger partial charge < -0.3 is 9.84 Å². The lowest BCUT2D eigenvalue weighted by Gasteiger charge is -2.08. The molecule has 1 rings (SSSR count). The van der Waals surface area contributed by atoms with Gasteiger partial charge in [-0.15, -0.1) is 0 Å². The highest BCUT2D eigenvalue weighted by molar-refractivity contribution is 7.92. The van der Waals surface area contributed by atoms with Gasteiger partial charge in [0, 0.05) is 0 Å². The summed E-state index contributed by atoms with van der Waals surface area (Å²) >= 11 is 1.11. The first-order chi connectivity index (χ1) is 8.93. The lowest BCUT2D eigenvalue weighted by Crippen LogP contribution is -2.21. The van der Waals surface area contributed by atoms with E-state index in [1.807, 2.05) is 13.8 Å². The fourth-order valence-electron chi connectivity index (χ4n) is 1.08. The van der Waals surface area contributed by atoms with E-state index in [1.54, 1.807) is 0 Å². The summed E-state index contributed by atoms with van der Waals surface area (Å²) in [5.74, 6) is 5.00. The van der Waals surface area contributed by atoms with Crippen LogP contribution in [-0.4, -0.2) is 43.6 Å². The summed E-state index contributed by atoms with van der Waals surface area (Å²) in [6, 6.07) is 0. The Bertz CT molecular complexity index is 555. The van der Waals surface area contributed by atoms with Crippen molar-refractivity contribution in [1.82, 2.24) is 4.98 Å². The highest BCUT2D eigenvalue weighted by Crippen LogP contribution is 2.18. The van der Waals surface area contributed by atoms with Crippen molar-refractivity contribution in [3.8, 4) is 11.8 Å². The molecule has 2 N–H and O–H groups in total. The number of aliphatic hydroxyl groups is 1. The minimum Gasteiger partial charge on any atom is -0.384 e. The number of rotatable bonds is 6. The molecule has 0 aliphatic carbocycles. The highest BCUT2D eigenvalue weighted by atomic mass is 32.2. The summed E-state index contributed by atoms with van der Waals surface area (Å²) in [5.41, 5.74) is 0. The number of thiazole rings is 1. The van der Waals surface area contributed by atoms with E-state index >= 15 is 0 Å². The third-order valence-corrected chi connectivity index (χ3v) is 4.01. The molecule has 1 aromatic rings. The van der Waals surface area contributed by atoms with E-state index in [0.29, 0.717) is 4.88 Å². The van der Waals surface area contributed by atoms with Crippen LogP contribution in [-0.2, 0) is 14.8 Å². The summed E-state index contributed by atoms with van der Waals surface area (Å²) in [5, 5.41) is 8.80. The Morgan fingerprint density at radius 2 is 2.32 bits per heavy atom. The predicted octanol–water partition coefficient (Wildman–Crippen LogP) is 0.654. The van der Waals surface area contributed by atoms with E-state index in [4.69, 9.17) is 9.84 Å². The largest absolute Gasteiger partial charge is 0.384 e. The molecule has 0 aromatic carbocycles. The lowest BCUT2D eigenvalue weighted by atomic mass is 10.5. The maximum Gasteiger partial charge on any atom is 0.236 e. The van der Waals surface area contributed by atoms with E-state index in [-0.39, 0.29) is 30.2 Å². The van der Waals surface area contributed by atoms with Crippen LogP contribution in [0.15, 0.2) is 6.20 Å². The summed E-state index contributed by atoms with van der Waals surface area (Å²) in [6.07, 6.45) is 1.45. The first-order valence-corrected chi connectivity index (χ1v) is 8.07. The van der Waals surface area contributed by atoms with Crippen molar-refractivity contribution in [3.05, 3.63) is 11.1 Å². The van der Waals surface area contributed by atoms with Gasteiger partial charge in [-0.2, -0.15) is 0 Å². The average molecular weight is 304 g/mol. The van der Waals surface area contributed by atoms with Gasteiger partial charge in [-0.3, -0.25) is 4.72 Å². The zero-order chi connectivity index (χ0) is 14.3. The highest BCUT2D eigenvalue weighted by Gasteiger charge is 2.13. The molecule has 0 atom stereocenters. The number of aliphatic hydroxyl groups excluding tert-OH is 1. The quantitative estimate of drug-likeness (QED) is 0.754. The molecule has 0 spiro atoms. The second kappa shape index (κ2) is 7.45. The lowest BCUT2D eigenvalue weighted by molar-refractivity contribution is 0.0913. The molecule has 8 heteroatoms. The van der Waals surface area contributed by atoms with Crippen molar-refractivity contribution in [1.29, 1.82) is 0 Å². The monoisotopic (exact) mass is 304 g/mol. The first kappa shape index (κ1) is 15.9. The first-order valence-electron chi connectivity index (χ1n) is 5.60. The number of ether oxygens (including phenoxy) is 1. The molecule has 0 radical (unpaired) electrons. The van der Waals surface area contributed by atoms with Crippen molar-refractivity contribution >= 4 is 26.5 Å². The van der Waals surface area contributed by atoms with Crippen LogP contribution >= 0.6 is 11.3 Å². The third kappa shape index (κ3) is 6.54. The SMILES string of the molecule is CC(C)OCCS(=O)(=O)Nc1ncc(C#CCO)s1. The van der Waals surface area contributed by atoms with Gasteiger partial charge in [0.25, 0.3) is 0 Å². The Balaban J connectivity index is 2.55. The topological polar surface area (TPSA) is 88.5 Å². The van der Waals surface area contributed by atoms with Crippen molar-refractivity contribution in [2.45, 2.75) is 20.0 Å². The van der Waals surface area contributed by atoms with Crippen molar-refractivity contribution < 1.29 is 18.3 Å². The molecular formula is C11H16N2O4S2. The zero-order valence-electron chi connectivity index (χ0n) is 10.7. The van der Waals surface area contributed by atoms with E-state index < -0.39 is 10.0 Å². The van der Waals surface area contributed by atoms with Gasteiger partial charge in [-0.1, -0.05) is 23.2 Å². The minimum absolute atomic E-state index is 0.00424. The van der Waals surface area contributed by atoms with Gasteiger partial charge in [-0.05, 0) is 13.8 Å². The van der Waals surface area contributed by atoms with E-state index in [9.17, 15) is 8.42 Å². The van der Waals surface area contributed by atoms with Crippen LogP contribution in [0.1, 0.15) is 18.7 Å². The molecule has 19 heavy (non-hydrogen) atoms. The Morgan fingerprint density at radius 3 is 2.95 bits per heavy atom. The third-order valence-electron chi connectivity index (χ3n) is 1.84. The molecule has 6 nitrogen and oxygen atoms in total. The van der Waals surface area contributed by atoms with Crippen molar-refractivity contribution in [2.75, 3.05) is 23.7 Å². The molecule has 1 heterocycles. The Kier molecular flexibility index (Phi) is 6.24. The van der Waals surface area contributed by atoms with Gasteiger partial charge in [0.2, 0.25) is 10.0 Å². The summed E-state index contributed by atoms with van der Waals surface area (Å²) < 4.78 is 31.0. The predicted molar refractivity (Wildman–Crippen MR) is 74.6 cm³/mol. The summed E-state index contributed by atoms with van der Waals surface area (Å²) in [6.45, 7) is 3.57. The van der Waals surface area contributed by atoms with Gasteiger partial charge in [0.1, 0.15) is 6.61 Å². The number of anilines is 1. The normalized spacial score (nSPS) is 11.2. The summed E-state index contributed by atoms with van der Waals surface area (Å²) in [4.78, 5) is 4.49. The van der Waals surface area contributed by atoms with Crippen LogP contribution in [0.5, 0.6) is 0 Å². The number of hydrogen-bond donors (Lipinski definition) is 2. The fraction of sp³-hybridized carbons (Fsp3) is 0.545. The molecule has 0 aliphatic rings. The van der Waals surface area contributed by atoms with Crippen LogP contribution in [0.25, 0.3) is 0 Å². The number of sulfonamides is 1. The summed E-state index contributed by atoms with van der Waals surface area (Å²) in [7, 11) is -3.46. The average Bonchev–Trinajstić information content (AvgIpc) is 2.72. The molecule has 106 valence electrons. The van der Waals surface area contributed by atoms with E-state index in [0.717, 1.165) is 11.3 Å². The van der Waals surface area contributed by atoms with Gasteiger partial charge >= 0.3 is 0 Å². The van der Waals surface area contributed by atoms with Gasteiger partial charge in [-0.25, -0.2) is 13.4 Å². The molecule has 0 fully saturated rings. The number of hydrogen-bond acceptors (Lipinski definition) is 6. The molecule has 0 amide bonds. The molecule has 0 bridgehead atoms. The molecule has 0 saturated carbocycles. The van der Waals surface area contributed by atoms with E-state index in [1.165, 1.54) is 6.20 Å². The smallest absolute Gasteiger partial charge is 0.236 e. The number of nitrogens with one attached hydrogen (secondary N) is 1. The maximum atomic E-state index is 11.7. The minimum atomic E-state index is -3.46. The molecule has 0 saturated heterocycles. The van der Waals surface area contributed by atoms with E-state index in [2.05, 4.69) is 21.5 Å².